The highest BCUT2D eigenvalue weighted by Gasteiger charge is 2.42. The van der Waals surface area contributed by atoms with E-state index in [4.69, 9.17) is 4.74 Å². The number of benzene rings is 1. The monoisotopic (exact) mass is 413 g/mol. The summed E-state index contributed by atoms with van der Waals surface area (Å²) in [5, 5.41) is 2.30. The maximum atomic E-state index is 13.1. The van der Waals surface area contributed by atoms with E-state index >= 15 is 0 Å². The Labute approximate surface area is 175 Å². The summed E-state index contributed by atoms with van der Waals surface area (Å²) in [5.41, 5.74) is 1.17. The molecule has 1 aromatic carbocycles. The first-order valence-corrected chi connectivity index (χ1v) is 10.5. The standard InChI is InChI=1S/C22H27N3O5/c1-30-18-3-2-16(12-17(18)25-9-5-19(27)23-21(25)29)20(28)24-10-7-22(8-11-24)6-4-15(13-22)14-26/h2-3,12,14-15H,4-11,13H2,1H3,(H,23,27,29). The Morgan fingerprint density at radius 3 is 2.60 bits per heavy atom. The molecule has 2 heterocycles. The molecule has 1 saturated carbocycles. The molecule has 8 nitrogen and oxygen atoms in total. The quantitative estimate of drug-likeness (QED) is 0.765. The van der Waals surface area contributed by atoms with Gasteiger partial charge in [0.15, 0.2) is 0 Å². The molecule has 2 saturated heterocycles. The number of piperidine rings is 1. The van der Waals surface area contributed by atoms with Gasteiger partial charge in [-0.1, -0.05) is 0 Å². The molecule has 0 bridgehead atoms. The Kier molecular flexibility index (Phi) is 5.49. The largest absolute Gasteiger partial charge is 0.495 e. The molecule has 1 atom stereocenters. The van der Waals surface area contributed by atoms with Gasteiger partial charge in [-0.15, -0.1) is 0 Å². The van der Waals surface area contributed by atoms with E-state index < -0.39 is 6.03 Å². The van der Waals surface area contributed by atoms with Gasteiger partial charge >= 0.3 is 6.03 Å². The molecule has 1 aliphatic carbocycles. The average molecular weight is 413 g/mol. The van der Waals surface area contributed by atoms with Gasteiger partial charge in [-0.3, -0.25) is 19.8 Å². The highest BCUT2D eigenvalue weighted by molar-refractivity contribution is 6.07. The number of likely N-dealkylation sites (tertiary alicyclic amines) is 1. The number of hydrogen-bond donors (Lipinski definition) is 1. The second-order valence-electron chi connectivity index (χ2n) is 8.57. The summed E-state index contributed by atoms with van der Waals surface area (Å²) < 4.78 is 5.38. The zero-order chi connectivity index (χ0) is 21.3. The minimum Gasteiger partial charge on any atom is -0.495 e. The zero-order valence-electron chi connectivity index (χ0n) is 17.2. The highest BCUT2D eigenvalue weighted by atomic mass is 16.5. The molecule has 0 radical (unpaired) electrons. The number of urea groups is 1. The van der Waals surface area contributed by atoms with Crippen molar-refractivity contribution in [3.05, 3.63) is 23.8 Å². The van der Waals surface area contributed by atoms with Gasteiger partial charge in [-0.25, -0.2) is 4.79 Å². The van der Waals surface area contributed by atoms with Gasteiger partial charge < -0.3 is 14.4 Å². The maximum Gasteiger partial charge on any atom is 0.328 e. The summed E-state index contributed by atoms with van der Waals surface area (Å²) in [6.07, 6.45) is 6.08. The number of anilines is 1. The van der Waals surface area contributed by atoms with Crippen molar-refractivity contribution in [3.63, 3.8) is 0 Å². The Morgan fingerprint density at radius 2 is 1.97 bits per heavy atom. The second kappa shape index (κ2) is 8.08. The van der Waals surface area contributed by atoms with Crippen LogP contribution in [0.4, 0.5) is 10.5 Å². The first kappa shape index (κ1) is 20.4. The number of nitrogens with zero attached hydrogens (tertiary/aromatic N) is 2. The van der Waals surface area contributed by atoms with Gasteiger partial charge in [0.2, 0.25) is 5.91 Å². The van der Waals surface area contributed by atoms with Crippen molar-refractivity contribution >= 4 is 29.8 Å². The van der Waals surface area contributed by atoms with Crippen LogP contribution in [-0.2, 0) is 9.59 Å². The number of nitrogens with one attached hydrogen (secondary N) is 1. The van der Waals surface area contributed by atoms with E-state index in [1.54, 1.807) is 18.2 Å². The van der Waals surface area contributed by atoms with Crippen LogP contribution in [0, 0.1) is 11.3 Å². The molecular weight excluding hydrogens is 386 g/mol. The molecule has 0 aromatic heterocycles. The Balaban J connectivity index is 1.49. The summed E-state index contributed by atoms with van der Waals surface area (Å²) in [6.45, 7) is 1.58. The fraction of sp³-hybridized carbons (Fsp3) is 0.545. The maximum absolute atomic E-state index is 13.1. The van der Waals surface area contributed by atoms with E-state index in [2.05, 4.69) is 5.32 Å². The van der Waals surface area contributed by atoms with E-state index in [0.717, 1.165) is 38.4 Å². The lowest BCUT2D eigenvalue weighted by atomic mass is 9.76. The third-order valence-electron chi connectivity index (χ3n) is 6.81. The molecule has 1 aromatic rings. The SMILES string of the molecule is COc1ccc(C(=O)N2CCC3(CCC(C=O)C3)CC2)cc1N1CCC(=O)NC1=O. The average Bonchev–Trinajstić information content (AvgIpc) is 3.16. The molecule has 8 heteroatoms. The molecule has 30 heavy (non-hydrogen) atoms. The van der Waals surface area contributed by atoms with Gasteiger partial charge in [-0.05, 0) is 55.7 Å². The van der Waals surface area contributed by atoms with Crippen molar-refractivity contribution in [1.29, 1.82) is 0 Å². The third-order valence-corrected chi connectivity index (χ3v) is 6.81. The van der Waals surface area contributed by atoms with Crippen LogP contribution in [-0.4, -0.2) is 55.8 Å². The van der Waals surface area contributed by atoms with Crippen LogP contribution in [0.25, 0.3) is 0 Å². The molecule has 4 rings (SSSR count). The van der Waals surface area contributed by atoms with Crippen LogP contribution < -0.4 is 15.0 Å². The number of hydrogen-bond acceptors (Lipinski definition) is 5. The smallest absolute Gasteiger partial charge is 0.328 e. The molecular formula is C22H27N3O5. The molecule has 3 aliphatic rings. The summed E-state index contributed by atoms with van der Waals surface area (Å²) in [7, 11) is 1.51. The van der Waals surface area contributed by atoms with Crippen LogP contribution >= 0.6 is 0 Å². The van der Waals surface area contributed by atoms with E-state index in [9.17, 15) is 19.2 Å². The van der Waals surface area contributed by atoms with Crippen molar-refractivity contribution in [1.82, 2.24) is 10.2 Å². The Bertz CT molecular complexity index is 876. The normalized spacial score (nSPS) is 23.4. The van der Waals surface area contributed by atoms with Crippen molar-refractivity contribution in [2.24, 2.45) is 11.3 Å². The predicted octanol–water partition coefficient (Wildman–Crippen LogP) is 2.36. The summed E-state index contributed by atoms with van der Waals surface area (Å²) >= 11 is 0. The van der Waals surface area contributed by atoms with Crippen LogP contribution in [0.2, 0.25) is 0 Å². The molecule has 4 amide bonds. The number of ether oxygens (including phenoxy) is 1. The second-order valence-corrected chi connectivity index (χ2v) is 8.57. The molecule has 160 valence electrons. The Morgan fingerprint density at radius 1 is 1.20 bits per heavy atom. The van der Waals surface area contributed by atoms with Gasteiger partial charge in [0.1, 0.15) is 12.0 Å². The predicted molar refractivity (Wildman–Crippen MR) is 109 cm³/mol. The van der Waals surface area contributed by atoms with E-state index in [1.165, 1.54) is 12.0 Å². The fourth-order valence-electron chi connectivity index (χ4n) is 5.02. The van der Waals surface area contributed by atoms with Crippen molar-refractivity contribution in [3.8, 4) is 5.75 Å². The number of rotatable bonds is 4. The zero-order valence-corrected chi connectivity index (χ0v) is 17.2. The van der Waals surface area contributed by atoms with Gasteiger partial charge in [0.25, 0.3) is 5.91 Å². The topological polar surface area (TPSA) is 96.0 Å². The lowest BCUT2D eigenvalue weighted by molar-refractivity contribution is -0.120. The minimum absolute atomic E-state index is 0.0767. The fourth-order valence-corrected chi connectivity index (χ4v) is 5.02. The van der Waals surface area contributed by atoms with Crippen molar-refractivity contribution in [2.45, 2.75) is 38.5 Å². The first-order chi connectivity index (χ1) is 14.4. The molecule has 3 fully saturated rings. The molecule has 1 N–H and O–H groups in total. The van der Waals surface area contributed by atoms with Crippen molar-refractivity contribution < 1.29 is 23.9 Å². The van der Waals surface area contributed by atoms with Gasteiger partial charge in [0, 0.05) is 37.5 Å². The van der Waals surface area contributed by atoms with Gasteiger partial charge in [-0.2, -0.15) is 0 Å². The Hall–Kier alpha value is -2.90. The number of amides is 4. The minimum atomic E-state index is -0.514. The highest BCUT2D eigenvalue weighted by Crippen LogP contribution is 2.48. The lowest BCUT2D eigenvalue weighted by Gasteiger charge is -2.39. The summed E-state index contributed by atoms with van der Waals surface area (Å²) in [5.74, 6) is 0.249. The van der Waals surface area contributed by atoms with Crippen LogP contribution in [0.15, 0.2) is 18.2 Å². The van der Waals surface area contributed by atoms with Crippen LogP contribution in [0.3, 0.4) is 0 Å². The van der Waals surface area contributed by atoms with Crippen LogP contribution in [0.5, 0.6) is 5.75 Å². The van der Waals surface area contributed by atoms with E-state index in [0.29, 0.717) is 30.1 Å². The number of carbonyl (C=O) groups is 4. The number of methoxy groups -OCH3 is 1. The summed E-state index contributed by atoms with van der Waals surface area (Å²) in [4.78, 5) is 51.3. The number of aldehydes is 1. The van der Waals surface area contributed by atoms with Crippen molar-refractivity contribution in [2.75, 3.05) is 31.6 Å². The number of carbonyl (C=O) groups excluding carboxylic acids is 4. The number of imide groups is 1. The third kappa shape index (κ3) is 3.78. The molecule has 1 spiro atoms. The molecule has 2 aliphatic heterocycles. The molecule has 1 unspecified atom stereocenters. The van der Waals surface area contributed by atoms with E-state index in [1.807, 2.05) is 4.90 Å². The van der Waals surface area contributed by atoms with Gasteiger partial charge in [0.05, 0.1) is 12.8 Å². The van der Waals surface area contributed by atoms with E-state index in [-0.39, 0.29) is 36.1 Å². The van der Waals surface area contributed by atoms with Crippen LogP contribution in [0.1, 0.15) is 48.9 Å². The first-order valence-electron chi connectivity index (χ1n) is 10.5. The lowest BCUT2D eigenvalue weighted by Crippen LogP contribution is -2.49. The summed E-state index contributed by atoms with van der Waals surface area (Å²) in [6, 6.07) is 4.54.